The molecule has 1 fully saturated rings. The van der Waals surface area contributed by atoms with Gasteiger partial charge in [0.25, 0.3) is 0 Å². The number of ether oxygens (including phenoxy) is 1. The molecule has 1 saturated heterocycles. The number of hydrogen-bond donors (Lipinski definition) is 0. The van der Waals surface area contributed by atoms with Crippen LogP contribution in [0.1, 0.15) is 27.7 Å². The molecule has 0 atom stereocenters. The number of rotatable bonds is 3. The minimum Gasteiger partial charge on any atom is -0.497 e. The zero-order valence-corrected chi connectivity index (χ0v) is 14.5. The van der Waals surface area contributed by atoms with Gasteiger partial charge in [0.2, 0.25) is 0 Å². The third-order valence-corrected chi connectivity index (χ3v) is 5.46. The van der Waals surface area contributed by atoms with E-state index < -0.39 is 0 Å². The molecule has 1 aromatic carbocycles. The lowest BCUT2D eigenvalue weighted by Crippen LogP contribution is -2.41. The molecule has 116 valence electrons. The van der Waals surface area contributed by atoms with Gasteiger partial charge in [-0.15, -0.1) is 0 Å². The van der Waals surface area contributed by atoms with E-state index in [1.54, 1.807) is 18.4 Å². The van der Waals surface area contributed by atoms with Gasteiger partial charge < -0.3 is 14.0 Å². The predicted molar refractivity (Wildman–Crippen MR) is 92.0 cm³/mol. The van der Waals surface area contributed by atoms with Crippen molar-refractivity contribution >= 4 is 23.2 Å². The highest BCUT2D eigenvalue weighted by atomic mass is 32.1. The number of benzene rings is 1. The Morgan fingerprint density at radius 3 is 2.32 bits per heavy atom. The van der Waals surface area contributed by atoms with Crippen molar-refractivity contribution in [1.82, 2.24) is 0 Å². The predicted octanol–water partition coefficient (Wildman–Crippen LogP) is 3.72. The zero-order valence-electron chi connectivity index (χ0n) is 13.7. The first kappa shape index (κ1) is 15.6. The molecule has 5 heteroatoms. The van der Waals surface area contributed by atoms with E-state index in [1.807, 2.05) is 18.2 Å². The van der Waals surface area contributed by atoms with Crippen molar-refractivity contribution in [2.24, 2.45) is 0 Å². The van der Waals surface area contributed by atoms with E-state index >= 15 is 0 Å². The van der Waals surface area contributed by atoms with Crippen LogP contribution in [0, 0.1) is 0 Å². The second-order valence-corrected chi connectivity index (χ2v) is 7.50. The van der Waals surface area contributed by atoms with Gasteiger partial charge in [0.05, 0.1) is 18.3 Å². The molecular formula is C17H21BO3S. The topological polar surface area (TPSA) is 27.7 Å². The van der Waals surface area contributed by atoms with Gasteiger partial charge in [-0.25, -0.2) is 0 Å². The van der Waals surface area contributed by atoms with Gasteiger partial charge in [-0.2, -0.15) is 11.3 Å². The van der Waals surface area contributed by atoms with Crippen LogP contribution in [0.15, 0.2) is 35.7 Å². The van der Waals surface area contributed by atoms with E-state index in [4.69, 9.17) is 14.0 Å². The maximum absolute atomic E-state index is 6.11. The Hall–Kier alpha value is -1.30. The van der Waals surface area contributed by atoms with Gasteiger partial charge in [-0.05, 0) is 62.4 Å². The summed E-state index contributed by atoms with van der Waals surface area (Å²) in [7, 11) is 1.39. The van der Waals surface area contributed by atoms with Crippen LogP contribution in [-0.4, -0.2) is 25.4 Å². The molecule has 3 rings (SSSR count). The van der Waals surface area contributed by atoms with E-state index in [0.717, 1.165) is 21.7 Å². The van der Waals surface area contributed by atoms with Crippen LogP contribution in [0.25, 0.3) is 11.1 Å². The monoisotopic (exact) mass is 316 g/mol. The summed E-state index contributed by atoms with van der Waals surface area (Å²) in [6, 6.07) is 10.2. The van der Waals surface area contributed by atoms with E-state index in [2.05, 4.69) is 45.2 Å². The SMILES string of the molecule is COc1cccc(-c2csc(B3OC(C)(C)C(C)(C)O3)c2)c1. The molecule has 0 N–H and O–H groups in total. The molecule has 0 saturated carbocycles. The molecule has 0 amide bonds. The van der Waals surface area contributed by atoms with Crippen molar-refractivity contribution in [3.05, 3.63) is 35.7 Å². The lowest BCUT2D eigenvalue weighted by molar-refractivity contribution is 0.00578. The molecular weight excluding hydrogens is 295 g/mol. The number of methoxy groups -OCH3 is 1. The molecule has 0 unspecified atom stereocenters. The van der Waals surface area contributed by atoms with Crippen LogP contribution >= 0.6 is 11.3 Å². The zero-order chi connectivity index (χ0) is 16.0. The highest BCUT2D eigenvalue weighted by molar-refractivity contribution is 7.21. The molecule has 1 aliphatic rings. The molecule has 3 nitrogen and oxygen atoms in total. The van der Waals surface area contributed by atoms with Crippen molar-refractivity contribution in [2.75, 3.05) is 7.11 Å². The Bertz CT molecular complexity index is 662. The van der Waals surface area contributed by atoms with Gasteiger partial charge >= 0.3 is 7.12 Å². The molecule has 2 heterocycles. The average Bonchev–Trinajstić information content (AvgIpc) is 3.02. The van der Waals surface area contributed by atoms with E-state index in [1.165, 1.54) is 0 Å². The second-order valence-electron chi connectivity index (χ2n) is 6.56. The van der Waals surface area contributed by atoms with Gasteiger partial charge in [0.1, 0.15) is 5.75 Å². The van der Waals surface area contributed by atoms with Crippen LogP contribution < -0.4 is 9.51 Å². The molecule has 0 radical (unpaired) electrons. The summed E-state index contributed by atoms with van der Waals surface area (Å²) in [5.41, 5.74) is 1.68. The number of thiophene rings is 1. The smallest absolute Gasteiger partial charge is 0.497 e. The lowest BCUT2D eigenvalue weighted by Gasteiger charge is -2.32. The summed E-state index contributed by atoms with van der Waals surface area (Å²) in [5, 5.41) is 2.13. The standard InChI is InChI=1S/C17H21BO3S/c1-16(2)17(3,4)21-18(20-16)15-10-13(11-22-15)12-7-6-8-14(9-12)19-5/h6-11H,1-5H3. The van der Waals surface area contributed by atoms with Crippen LogP contribution in [0.2, 0.25) is 0 Å². The minimum atomic E-state index is -0.308. The Morgan fingerprint density at radius 1 is 1.00 bits per heavy atom. The van der Waals surface area contributed by atoms with E-state index in [0.29, 0.717) is 0 Å². The van der Waals surface area contributed by atoms with Gasteiger partial charge in [-0.1, -0.05) is 12.1 Å². The van der Waals surface area contributed by atoms with Crippen LogP contribution in [0.5, 0.6) is 5.75 Å². The fourth-order valence-electron chi connectivity index (χ4n) is 2.39. The summed E-state index contributed by atoms with van der Waals surface area (Å²) in [4.78, 5) is 0. The van der Waals surface area contributed by atoms with Crippen molar-refractivity contribution in [3.8, 4) is 16.9 Å². The summed E-state index contributed by atoms with van der Waals surface area (Å²) in [6.45, 7) is 8.29. The van der Waals surface area contributed by atoms with Crippen molar-refractivity contribution in [2.45, 2.75) is 38.9 Å². The highest BCUT2D eigenvalue weighted by Crippen LogP contribution is 2.37. The first-order valence-electron chi connectivity index (χ1n) is 7.41. The first-order chi connectivity index (χ1) is 10.3. The Kier molecular flexibility index (Phi) is 3.83. The Morgan fingerprint density at radius 2 is 1.68 bits per heavy atom. The van der Waals surface area contributed by atoms with Crippen molar-refractivity contribution in [1.29, 1.82) is 0 Å². The quantitative estimate of drug-likeness (QED) is 0.808. The molecule has 0 aliphatic carbocycles. The molecule has 0 spiro atoms. The van der Waals surface area contributed by atoms with Crippen molar-refractivity contribution in [3.63, 3.8) is 0 Å². The highest BCUT2D eigenvalue weighted by Gasteiger charge is 2.52. The van der Waals surface area contributed by atoms with Gasteiger partial charge in [-0.3, -0.25) is 0 Å². The molecule has 1 aliphatic heterocycles. The van der Waals surface area contributed by atoms with Crippen LogP contribution in [0.3, 0.4) is 0 Å². The third-order valence-electron chi connectivity index (χ3n) is 4.51. The van der Waals surface area contributed by atoms with E-state index in [9.17, 15) is 0 Å². The maximum Gasteiger partial charge on any atom is 0.505 e. The molecule has 0 bridgehead atoms. The van der Waals surface area contributed by atoms with E-state index in [-0.39, 0.29) is 18.3 Å². The summed E-state index contributed by atoms with van der Waals surface area (Å²) in [5.74, 6) is 0.862. The molecule has 1 aromatic heterocycles. The largest absolute Gasteiger partial charge is 0.505 e. The summed E-state index contributed by atoms with van der Waals surface area (Å²) >= 11 is 1.67. The Balaban J connectivity index is 1.86. The normalized spacial score (nSPS) is 19.4. The second kappa shape index (κ2) is 5.41. The Labute approximate surface area is 136 Å². The third kappa shape index (κ3) is 2.69. The maximum atomic E-state index is 6.11. The van der Waals surface area contributed by atoms with Gasteiger partial charge in [0.15, 0.2) is 0 Å². The summed E-state index contributed by atoms with van der Waals surface area (Å²) in [6.07, 6.45) is 0. The van der Waals surface area contributed by atoms with Crippen LogP contribution in [0.4, 0.5) is 0 Å². The van der Waals surface area contributed by atoms with Crippen molar-refractivity contribution < 1.29 is 14.0 Å². The minimum absolute atomic E-state index is 0.297. The lowest BCUT2D eigenvalue weighted by atomic mass is 9.87. The fourth-order valence-corrected chi connectivity index (χ4v) is 3.26. The average molecular weight is 316 g/mol. The molecule has 2 aromatic rings. The fraction of sp³-hybridized carbons (Fsp3) is 0.412. The molecule has 22 heavy (non-hydrogen) atoms. The first-order valence-corrected chi connectivity index (χ1v) is 8.29. The van der Waals surface area contributed by atoms with Crippen LogP contribution in [-0.2, 0) is 9.31 Å². The van der Waals surface area contributed by atoms with Gasteiger partial charge in [0, 0.05) is 4.78 Å². The number of hydrogen-bond acceptors (Lipinski definition) is 4. The summed E-state index contributed by atoms with van der Waals surface area (Å²) < 4.78 is 18.6.